The second-order valence-corrected chi connectivity index (χ2v) is 8.45. The van der Waals surface area contributed by atoms with Crippen LogP contribution >= 0.6 is 0 Å². The predicted molar refractivity (Wildman–Crippen MR) is 125 cm³/mol. The molecule has 2 aromatic heterocycles. The van der Waals surface area contributed by atoms with E-state index < -0.39 is 0 Å². The average molecular weight is 428 g/mol. The number of piperidine rings is 1. The first-order chi connectivity index (χ1) is 15.8. The van der Waals surface area contributed by atoms with Crippen LogP contribution in [0, 0.1) is 0 Å². The fraction of sp³-hybridized carbons (Fsp3) is 0.308. The normalized spacial score (nSPS) is 15.2. The van der Waals surface area contributed by atoms with Crippen LogP contribution in [0.25, 0.3) is 5.69 Å². The molecule has 3 heterocycles. The Hall–Kier alpha value is -3.38. The van der Waals surface area contributed by atoms with Crippen LogP contribution in [0.5, 0.6) is 5.75 Å². The van der Waals surface area contributed by atoms with Crippen LogP contribution in [0.4, 0.5) is 0 Å². The van der Waals surface area contributed by atoms with Crippen molar-refractivity contribution in [2.45, 2.75) is 31.8 Å². The monoisotopic (exact) mass is 427 g/mol. The van der Waals surface area contributed by atoms with Gasteiger partial charge in [-0.3, -0.25) is 4.90 Å². The minimum atomic E-state index is 0.517. The zero-order valence-electron chi connectivity index (χ0n) is 18.5. The molecular formula is C26H29N5O. The molecule has 0 N–H and O–H groups in total. The molecule has 2 aromatic carbocycles. The van der Waals surface area contributed by atoms with Gasteiger partial charge in [-0.15, -0.1) is 0 Å². The third-order valence-electron chi connectivity index (χ3n) is 6.36. The fourth-order valence-corrected chi connectivity index (χ4v) is 4.53. The lowest BCUT2D eigenvalue weighted by atomic mass is 9.95. The number of hydrogen-bond donors (Lipinski definition) is 0. The molecule has 6 nitrogen and oxygen atoms in total. The molecule has 1 aliphatic heterocycles. The average Bonchev–Trinajstić information content (AvgIpc) is 3.53. The molecule has 1 aliphatic rings. The summed E-state index contributed by atoms with van der Waals surface area (Å²) in [6.45, 7) is 4.05. The first-order valence-electron chi connectivity index (χ1n) is 11.2. The highest BCUT2D eigenvalue weighted by molar-refractivity contribution is 5.34. The van der Waals surface area contributed by atoms with E-state index in [-0.39, 0.29) is 0 Å². The van der Waals surface area contributed by atoms with Crippen LogP contribution in [-0.2, 0) is 13.1 Å². The zero-order chi connectivity index (χ0) is 21.8. The summed E-state index contributed by atoms with van der Waals surface area (Å²) in [5, 5.41) is 0. The van der Waals surface area contributed by atoms with Gasteiger partial charge in [0.2, 0.25) is 0 Å². The smallest absolute Gasteiger partial charge is 0.118 e. The number of ether oxygens (including phenoxy) is 1. The van der Waals surface area contributed by atoms with E-state index in [0.29, 0.717) is 5.92 Å². The van der Waals surface area contributed by atoms with E-state index in [1.54, 1.807) is 13.3 Å². The van der Waals surface area contributed by atoms with E-state index in [0.717, 1.165) is 50.5 Å². The fourth-order valence-electron chi connectivity index (χ4n) is 4.53. The van der Waals surface area contributed by atoms with Gasteiger partial charge in [-0.05, 0) is 61.3 Å². The highest BCUT2D eigenvalue weighted by atomic mass is 16.5. The highest BCUT2D eigenvalue weighted by Gasteiger charge is 2.24. The molecule has 164 valence electrons. The van der Waals surface area contributed by atoms with Gasteiger partial charge in [0.15, 0.2) is 0 Å². The molecule has 0 bridgehead atoms. The summed E-state index contributed by atoms with van der Waals surface area (Å²) in [5.41, 5.74) is 3.77. The van der Waals surface area contributed by atoms with Crippen LogP contribution in [-0.4, -0.2) is 44.2 Å². The highest BCUT2D eigenvalue weighted by Crippen LogP contribution is 2.28. The van der Waals surface area contributed by atoms with Crippen molar-refractivity contribution in [3.63, 3.8) is 0 Å². The number of hydrogen-bond acceptors (Lipinski definition) is 4. The molecule has 4 aromatic rings. The van der Waals surface area contributed by atoms with Crippen molar-refractivity contribution in [1.82, 2.24) is 24.0 Å². The molecule has 32 heavy (non-hydrogen) atoms. The van der Waals surface area contributed by atoms with Gasteiger partial charge in [-0.1, -0.05) is 24.3 Å². The lowest BCUT2D eigenvalue weighted by Crippen LogP contribution is -2.33. The second kappa shape index (κ2) is 9.40. The molecule has 0 saturated carbocycles. The number of methoxy groups -OCH3 is 1. The molecule has 0 aliphatic carbocycles. The summed E-state index contributed by atoms with van der Waals surface area (Å²) in [7, 11) is 1.70. The summed E-state index contributed by atoms with van der Waals surface area (Å²) < 4.78 is 9.60. The van der Waals surface area contributed by atoms with Gasteiger partial charge in [-0.2, -0.15) is 0 Å². The Balaban J connectivity index is 1.17. The molecule has 0 unspecified atom stereocenters. The van der Waals surface area contributed by atoms with Crippen LogP contribution in [0.3, 0.4) is 0 Å². The summed E-state index contributed by atoms with van der Waals surface area (Å²) >= 11 is 0. The van der Waals surface area contributed by atoms with Crippen molar-refractivity contribution in [3.8, 4) is 11.4 Å². The number of likely N-dealkylation sites (tertiary alicyclic amines) is 1. The lowest BCUT2D eigenvalue weighted by molar-refractivity contribution is 0.200. The van der Waals surface area contributed by atoms with Gasteiger partial charge >= 0.3 is 0 Å². The molecule has 0 amide bonds. The number of benzene rings is 2. The van der Waals surface area contributed by atoms with Crippen LogP contribution in [0.2, 0.25) is 0 Å². The van der Waals surface area contributed by atoms with E-state index in [9.17, 15) is 0 Å². The van der Waals surface area contributed by atoms with Crippen molar-refractivity contribution >= 4 is 0 Å². The van der Waals surface area contributed by atoms with Crippen molar-refractivity contribution in [2.24, 2.45) is 0 Å². The van der Waals surface area contributed by atoms with Crippen LogP contribution < -0.4 is 4.74 Å². The van der Waals surface area contributed by atoms with E-state index in [2.05, 4.69) is 57.0 Å². The maximum Gasteiger partial charge on any atom is 0.118 e. The molecule has 1 fully saturated rings. The molecule has 0 radical (unpaired) electrons. The summed E-state index contributed by atoms with van der Waals surface area (Å²) in [4.78, 5) is 11.4. The van der Waals surface area contributed by atoms with E-state index >= 15 is 0 Å². The number of aromatic nitrogens is 4. The Bertz CT molecular complexity index is 1110. The molecule has 6 heteroatoms. The summed E-state index contributed by atoms with van der Waals surface area (Å²) in [5.74, 6) is 2.62. The zero-order valence-corrected chi connectivity index (χ0v) is 18.5. The third kappa shape index (κ3) is 4.60. The van der Waals surface area contributed by atoms with Gasteiger partial charge in [0.25, 0.3) is 0 Å². The van der Waals surface area contributed by atoms with Gasteiger partial charge < -0.3 is 13.9 Å². The number of imidazole rings is 2. The minimum Gasteiger partial charge on any atom is -0.497 e. The standard InChI is InChI=1S/C26H29N5O/c1-32-25-8-4-22(5-9-25)19-30-17-13-28-26(30)23-10-14-29(15-11-23)18-21-2-6-24(7-3-21)31-16-12-27-20-31/h2-9,12-13,16-17,20,23H,10-11,14-15,18-19H2,1H3. The molecule has 0 spiro atoms. The molecular weight excluding hydrogens is 398 g/mol. The Kier molecular flexibility index (Phi) is 6.03. The summed E-state index contributed by atoms with van der Waals surface area (Å²) in [6, 6.07) is 17.1. The van der Waals surface area contributed by atoms with Gasteiger partial charge in [-0.25, -0.2) is 9.97 Å². The van der Waals surface area contributed by atoms with E-state index in [4.69, 9.17) is 9.72 Å². The summed E-state index contributed by atoms with van der Waals surface area (Å²) in [6.07, 6.45) is 11.9. The number of rotatable bonds is 7. The topological polar surface area (TPSA) is 48.1 Å². The SMILES string of the molecule is COc1ccc(Cn2ccnc2C2CCN(Cc3ccc(-n4ccnc4)cc3)CC2)cc1. The lowest BCUT2D eigenvalue weighted by Gasteiger charge is -2.32. The van der Waals surface area contributed by atoms with Crippen molar-refractivity contribution < 1.29 is 4.74 Å². The largest absolute Gasteiger partial charge is 0.497 e. The Morgan fingerprint density at radius 3 is 2.28 bits per heavy atom. The maximum absolute atomic E-state index is 5.27. The second-order valence-electron chi connectivity index (χ2n) is 8.45. The maximum atomic E-state index is 5.27. The van der Waals surface area contributed by atoms with Gasteiger partial charge in [0.05, 0.1) is 13.4 Å². The molecule has 1 saturated heterocycles. The predicted octanol–water partition coefficient (Wildman–Crippen LogP) is 4.51. The van der Waals surface area contributed by atoms with Crippen LogP contribution in [0.1, 0.15) is 35.7 Å². The van der Waals surface area contributed by atoms with E-state index in [1.165, 1.54) is 17.0 Å². The number of nitrogens with zero attached hydrogens (tertiary/aromatic N) is 5. The Morgan fingerprint density at radius 2 is 1.59 bits per heavy atom. The van der Waals surface area contributed by atoms with Crippen LogP contribution in [0.15, 0.2) is 79.6 Å². The first kappa shape index (κ1) is 20.5. The quantitative estimate of drug-likeness (QED) is 0.436. The van der Waals surface area contributed by atoms with Crippen molar-refractivity contribution in [3.05, 3.63) is 96.6 Å². The van der Waals surface area contributed by atoms with Gasteiger partial charge in [0, 0.05) is 49.5 Å². The third-order valence-corrected chi connectivity index (χ3v) is 6.36. The Morgan fingerprint density at radius 1 is 0.875 bits per heavy atom. The minimum absolute atomic E-state index is 0.517. The first-order valence-corrected chi connectivity index (χ1v) is 11.2. The molecule has 0 atom stereocenters. The van der Waals surface area contributed by atoms with Crippen molar-refractivity contribution in [1.29, 1.82) is 0 Å². The Labute approximate surface area is 189 Å². The van der Waals surface area contributed by atoms with E-state index in [1.807, 2.05) is 35.4 Å². The molecule has 5 rings (SSSR count). The van der Waals surface area contributed by atoms with Crippen molar-refractivity contribution in [2.75, 3.05) is 20.2 Å². The van der Waals surface area contributed by atoms with Gasteiger partial charge in [0.1, 0.15) is 11.6 Å².